The summed E-state index contributed by atoms with van der Waals surface area (Å²) in [7, 11) is 4.10. The van der Waals surface area contributed by atoms with Crippen molar-refractivity contribution in [1.29, 1.82) is 0 Å². The second-order valence-corrected chi connectivity index (χ2v) is 4.82. The zero-order valence-corrected chi connectivity index (χ0v) is 11.4. The Morgan fingerprint density at radius 2 is 2.19 bits per heavy atom. The third kappa shape index (κ3) is 2.34. The highest BCUT2D eigenvalue weighted by Gasteiger charge is 2.07. The van der Waals surface area contributed by atoms with Crippen molar-refractivity contribution in [2.45, 2.75) is 6.54 Å². The Morgan fingerprint density at radius 3 is 2.81 bits per heavy atom. The molecule has 4 nitrogen and oxygen atoms in total. The molecule has 0 bridgehead atoms. The zero-order valence-electron chi connectivity index (χ0n) is 9.26. The highest BCUT2D eigenvalue weighted by molar-refractivity contribution is 14.1. The second-order valence-electron chi connectivity index (χ2n) is 3.74. The minimum atomic E-state index is 0.764. The van der Waals surface area contributed by atoms with Crippen LogP contribution in [0.3, 0.4) is 0 Å². The van der Waals surface area contributed by atoms with Gasteiger partial charge in [0.05, 0.1) is 6.54 Å². The van der Waals surface area contributed by atoms with E-state index in [9.17, 15) is 0 Å². The molecule has 1 heterocycles. The van der Waals surface area contributed by atoms with E-state index in [0.717, 1.165) is 6.54 Å². The smallest absolute Gasteiger partial charge is 0.137 e. The van der Waals surface area contributed by atoms with Gasteiger partial charge in [0.2, 0.25) is 0 Å². The van der Waals surface area contributed by atoms with E-state index in [1.165, 1.54) is 14.8 Å². The van der Waals surface area contributed by atoms with Crippen LogP contribution in [0.5, 0.6) is 0 Å². The summed E-state index contributed by atoms with van der Waals surface area (Å²) in [5.74, 6) is 0. The van der Waals surface area contributed by atoms with Gasteiger partial charge in [0.1, 0.15) is 12.7 Å². The lowest BCUT2D eigenvalue weighted by molar-refractivity contribution is 0.682. The minimum Gasteiger partial charge on any atom is -0.377 e. The predicted octanol–water partition coefficient (Wildman–Crippen LogP) is 2.00. The van der Waals surface area contributed by atoms with Crippen LogP contribution in [0.25, 0.3) is 0 Å². The first-order valence-electron chi connectivity index (χ1n) is 4.95. The number of benzene rings is 1. The predicted molar refractivity (Wildman–Crippen MR) is 72.6 cm³/mol. The van der Waals surface area contributed by atoms with Gasteiger partial charge in [-0.25, -0.2) is 9.67 Å². The molecular weight excluding hydrogens is 315 g/mol. The molecule has 16 heavy (non-hydrogen) atoms. The van der Waals surface area contributed by atoms with Gasteiger partial charge in [-0.1, -0.05) is 12.1 Å². The van der Waals surface area contributed by atoms with E-state index in [2.05, 4.69) is 69.9 Å². The molecule has 84 valence electrons. The van der Waals surface area contributed by atoms with E-state index >= 15 is 0 Å². The average Bonchev–Trinajstić information content (AvgIpc) is 2.73. The first kappa shape index (κ1) is 11.4. The van der Waals surface area contributed by atoms with Gasteiger partial charge in [-0.3, -0.25) is 0 Å². The summed E-state index contributed by atoms with van der Waals surface area (Å²) in [6.07, 6.45) is 3.29. The SMILES string of the molecule is CN(C)c1cccc(Cn2cncn2)c1I. The Balaban J connectivity index is 2.31. The van der Waals surface area contributed by atoms with Crippen molar-refractivity contribution in [3.8, 4) is 0 Å². The van der Waals surface area contributed by atoms with Gasteiger partial charge in [0.15, 0.2) is 0 Å². The normalized spacial score (nSPS) is 10.4. The van der Waals surface area contributed by atoms with Crippen LogP contribution in [0, 0.1) is 3.57 Å². The zero-order chi connectivity index (χ0) is 11.5. The van der Waals surface area contributed by atoms with Crippen molar-refractivity contribution < 1.29 is 0 Å². The topological polar surface area (TPSA) is 34.0 Å². The summed E-state index contributed by atoms with van der Waals surface area (Å²) >= 11 is 2.38. The third-order valence-corrected chi connectivity index (χ3v) is 3.58. The van der Waals surface area contributed by atoms with E-state index in [1.807, 2.05) is 4.68 Å². The van der Waals surface area contributed by atoms with E-state index in [-0.39, 0.29) is 0 Å². The van der Waals surface area contributed by atoms with Gasteiger partial charge in [-0.05, 0) is 34.2 Å². The number of aromatic nitrogens is 3. The lowest BCUT2D eigenvalue weighted by atomic mass is 10.2. The standard InChI is InChI=1S/C11H13IN4/c1-15(2)10-5-3-4-9(11(10)12)6-16-8-13-7-14-16/h3-5,7-8H,6H2,1-2H3. The highest BCUT2D eigenvalue weighted by Crippen LogP contribution is 2.24. The van der Waals surface area contributed by atoms with Gasteiger partial charge in [-0.2, -0.15) is 5.10 Å². The largest absolute Gasteiger partial charge is 0.377 e. The van der Waals surface area contributed by atoms with Crippen LogP contribution in [-0.4, -0.2) is 28.9 Å². The van der Waals surface area contributed by atoms with Crippen LogP contribution in [0.4, 0.5) is 5.69 Å². The van der Waals surface area contributed by atoms with Gasteiger partial charge in [0.25, 0.3) is 0 Å². The number of rotatable bonds is 3. The van der Waals surface area contributed by atoms with Crippen LogP contribution >= 0.6 is 22.6 Å². The molecule has 0 unspecified atom stereocenters. The molecule has 0 spiro atoms. The van der Waals surface area contributed by atoms with Gasteiger partial charge < -0.3 is 4.90 Å². The summed E-state index contributed by atoms with van der Waals surface area (Å²) in [5, 5.41) is 4.12. The fourth-order valence-electron chi connectivity index (χ4n) is 1.52. The lowest BCUT2D eigenvalue weighted by Crippen LogP contribution is -2.12. The van der Waals surface area contributed by atoms with E-state index in [0.29, 0.717) is 0 Å². The first-order valence-corrected chi connectivity index (χ1v) is 6.03. The molecule has 1 aromatic carbocycles. The molecule has 2 aromatic rings. The number of hydrogen-bond acceptors (Lipinski definition) is 3. The molecule has 0 fully saturated rings. The van der Waals surface area contributed by atoms with Gasteiger partial charge >= 0.3 is 0 Å². The Kier molecular flexibility index (Phi) is 3.42. The molecular formula is C11H13IN4. The summed E-state index contributed by atoms with van der Waals surface area (Å²) in [6, 6.07) is 6.31. The quantitative estimate of drug-likeness (QED) is 0.808. The van der Waals surface area contributed by atoms with Crippen LogP contribution in [0.1, 0.15) is 5.56 Å². The van der Waals surface area contributed by atoms with Crippen molar-refractivity contribution in [1.82, 2.24) is 14.8 Å². The third-order valence-electron chi connectivity index (χ3n) is 2.34. The van der Waals surface area contributed by atoms with E-state index < -0.39 is 0 Å². The molecule has 1 aromatic heterocycles. The molecule has 0 aliphatic carbocycles. The summed E-state index contributed by atoms with van der Waals surface area (Å²) in [5.41, 5.74) is 2.50. The van der Waals surface area contributed by atoms with Crippen molar-refractivity contribution >= 4 is 28.3 Å². The molecule has 2 rings (SSSR count). The van der Waals surface area contributed by atoms with Crippen molar-refractivity contribution in [2.75, 3.05) is 19.0 Å². The average molecular weight is 328 g/mol. The van der Waals surface area contributed by atoms with Crippen LogP contribution in [-0.2, 0) is 6.54 Å². The summed E-state index contributed by atoms with van der Waals surface area (Å²) in [6.45, 7) is 0.764. The minimum absolute atomic E-state index is 0.764. The first-order chi connectivity index (χ1) is 7.68. The fourth-order valence-corrected chi connectivity index (χ4v) is 2.54. The molecule has 5 heteroatoms. The Morgan fingerprint density at radius 1 is 1.38 bits per heavy atom. The summed E-state index contributed by atoms with van der Waals surface area (Å²) in [4.78, 5) is 6.06. The van der Waals surface area contributed by atoms with Crippen LogP contribution < -0.4 is 4.90 Å². The van der Waals surface area contributed by atoms with Crippen LogP contribution in [0.2, 0.25) is 0 Å². The molecule has 0 radical (unpaired) electrons. The molecule has 0 N–H and O–H groups in total. The monoisotopic (exact) mass is 328 g/mol. The molecule has 0 aliphatic heterocycles. The van der Waals surface area contributed by atoms with E-state index in [1.54, 1.807) is 12.7 Å². The number of nitrogens with zero attached hydrogens (tertiary/aromatic N) is 4. The van der Waals surface area contributed by atoms with Crippen molar-refractivity contribution in [3.05, 3.63) is 40.0 Å². The molecule has 0 amide bonds. The maximum absolute atomic E-state index is 4.12. The van der Waals surface area contributed by atoms with Crippen molar-refractivity contribution in [2.24, 2.45) is 0 Å². The molecule has 0 atom stereocenters. The Bertz CT molecular complexity index is 465. The molecule has 0 saturated carbocycles. The summed E-state index contributed by atoms with van der Waals surface area (Å²) < 4.78 is 3.09. The van der Waals surface area contributed by atoms with E-state index in [4.69, 9.17) is 0 Å². The van der Waals surface area contributed by atoms with Crippen LogP contribution in [0.15, 0.2) is 30.9 Å². The maximum Gasteiger partial charge on any atom is 0.137 e. The van der Waals surface area contributed by atoms with Gasteiger partial charge in [0, 0.05) is 23.4 Å². The van der Waals surface area contributed by atoms with Crippen molar-refractivity contribution in [3.63, 3.8) is 0 Å². The maximum atomic E-state index is 4.12. The van der Waals surface area contributed by atoms with Gasteiger partial charge in [-0.15, -0.1) is 0 Å². The number of anilines is 1. The Hall–Kier alpha value is -1.11. The molecule has 0 saturated heterocycles. The lowest BCUT2D eigenvalue weighted by Gasteiger charge is -2.16. The fraction of sp³-hybridized carbons (Fsp3) is 0.273. The Labute approximate surface area is 108 Å². The second kappa shape index (κ2) is 4.82. The number of hydrogen-bond donors (Lipinski definition) is 0. The number of halogens is 1. The highest BCUT2D eigenvalue weighted by atomic mass is 127. The molecule has 0 aliphatic rings.